The molecule has 0 aliphatic heterocycles. The maximum Gasteiger partial charge on any atom is 0.338 e. The zero-order valence-electron chi connectivity index (χ0n) is 17.5. The zero-order valence-corrected chi connectivity index (χ0v) is 17.5. The third-order valence-electron chi connectivity index (χ3n) is 6.35. The van der Waals surface area contributed by atoms with E-state index in [9.17, 15) is 9.59 Å². The molecule has 1 aromatic rings. The lowest BCUT2D eigenvalue weighted by molar-refractivity contribution is -0.144. The molecule has 0 spiro atoms. The van der Waals surface area contributed by atoms with Gasteiger partial charge in [0, 0.05) is 5.41 Å². The van der Waals surface area contributed by atoms with E-state index in [0.717, 1.165) is 24.8 Å². The summed E-state index contributed by atoms with van der Waals surface area (Å²) >= 11 is 0. The molecule has 1 fully saturated rings. The molecule has 1 unspecified atom stereocenters. The molecule has 1 saturated carbocycles. The molecule has 0 radical (unpaired) electrons. The predicted octanol–water partition coefficient (Wildman–Crippen LogP) is 5.71. The Labute approximate surface area is 162 Å². The number of hydrogen-bond acceptors (Lipinski definition) is 4. The molecule has 4 nitrogen and oxygen atoms in total. The summed E-state index contributed by atoms with van der Waals surface area (Å²) in [5.41, 5.74) is 0.171. The van der Waals surface area contributed by atoms with E-state index in [1.807, 2.05) is 34.6 Å². The maximum absolute atomic E-state index is 12.6. The van der Waals surface area contributed by atoms with Crippen molar-refractivity contribution in [3.8, 4) is 5.75 Å². The molecule has 148 valence electrons. The summed E-state index contributed by atoms with van der Waals surface area (Å²) in [6.45, 7) is 15.8. The molecule has 0 aromatic heterocycles. The minimum absolute atomic E-state index is 0.218. The molecule has 1 aliphatic carbocycles. The first-order valence-electron chi connectivity index (χ1n) is 9.67. The Balaban J connectivity index is 2.07. The van der Waals surface area contributed by atoms with Gasteiger partial charge in [-0.05, 0) is 77.6 Å². The van der Waals surface area contributed by atoms with Crippen LogP contribution in [0.1, 0.15) is 77.6 Å². The fourth-order valence-corrected chi connectivity index (χ4v) is 3.29. The lowest BCUT2D eigenvalue weighted by Gasteiger charge is -2.41. The van der Waals surface area contributed by atoms with E-state index in [-0.39, 0.29) is 17.4 Å². The molecule has 0 saturated heterocycles. The monoisotopic (exact) mass is 372 g/mol. The number of rotatable bonds is 6. The third kappa shape index (κ3) is 4.26. The second kappa shape index (κ2) is 7.49. The van der Waals surface area contributed by atoms with Crippen molar-refractivity contribution in [2.24, 2.45) is 10.8 Å². The second-order valence-corrected chi connectivity index (χ2v) is 8.84. The van der Waals surface area contributed by atoms with Gasteiger partial charge in [0.15, 0.2) is 0 Å². The summed E-state index contributed by atoms with van der Waals surface area (Å²) < 4.78 is 11.3. The lowest BCUT2D eigenvalue weighted by atomic mass is 9.71. The Kier molecular flexibility index (Phi) is 5.88. The van der Waals surface area contributed by atoms with Crippen molar-refractivity contribution in [2.45, 2.75) is 72.8 Å². The third-order valence-corrected chi connectivity index (χ3v) is 6.35. The Morgan fingerprint density at radius 3 is 2.22 bits per heavy atom. The standard InChI is InChI=1S/C23H32O4/c1-8-21(3,4)20(25)26-18-13-11-17(12-14-18)19(24)27-22(5,6)23(7)15-9-10-16(23)2/h11-14H,2,8-10,15H2,1,3-7H3. The average Bonchev–Trinajstić information content (AvgIpc) is 2.95. The van der Waals surface area contributed by atoms with E-state index in [4.69, 9.17) is 9.47 Å². The quantitative estimate of drug-likeness (QED) is 0.364. The fourth-order valence-electron chi connectivity index (χ4n) is 3.29. The van der Waals surface area contributed by atoms with Crippen LogP contribution in [0.25, 0.3) is 0 Å². The Bertz CT molecular complexity index is 727. The van der Waals surface area contributed by atoms with Crippen LogP contribution < -0.4 is 4.74 Å². The number of carbonyl (C=O) groups excluding carboxylic acids is 2. The van der Waals surface area contributed by atoms with Crippen molar-refractivity contribution in [2.75, 3.05) is 0 Å². The van der Waals surface area contributed by atoms with Gasteiger partial charge in [0.25, 0.3) is 0 Å². The number of hydrogen-bond donors (Lipinski definition) is 0. The van der Waals surface area contributed by atoms with Crippen LogP contribution in [0, 0.1) is 10.8 Å². The van der Waals surface area contributed by atoms with Gasteiger partial charge in [0.05, 0.1) is 11.0 Å². The second-order valence-electron chi connectivity index (χ2n) is 8.84. The molecule has 4 heteroatoms. The summed E-state index contributed by atoms with van der Waals surface area (Å²) in [6.07, 6.45) is 3.71. The molecule has 0 amide bonds. The van der Waals surface area contributed by atoms with Crippen LogP contribution in [-0.2, 0) is 9.53 Å². The predicted molar refractivity (Wildman–Crippen MR) is 107 cm³/mol. The van der Waals surface area contributed by atoms with Crippen LogP contribution >= 0.6 is 0 Å². The lowest BCUT2D eigenvalue weighted by Crippen LogP contribution is -2.44. The van der Waals surface area contributed by atoms with Crippen LogP contribution in [0.5, 0.6) is 5.75 Å². The van der Waals surface area contributed by atoms with Gasteiger partial charge < -0.3 is 9.47 Å². The van der Waals surface area contributed by atoms with Crippen LogP contribution in [0.4, 0.5) is 0 Å². The highest BCUT2D eigenvalue weighted by Gasteiger charge is 2.48. The van der Waals surface area contributed by atoms with Gasteiger partial charge >= 0.3 is 11.9 Å². The minimum atomic E-state index is -0.645. The number of benzene rings is 1. The zero-order chi connectivity index (χ0) is 20.5. The summed E-state index contributed by atoms with van der Waals surface area (Å²) in [6, 6.07) is 6.52. The van der Waals surface area contributed by atoms with Gasteiger partial charge in [-0.2, -0.15) is 0 Å². The van der Waals surface area contributed by atoms with Crippen LogP contribution in [0.2, 0.25) is 0 Å². The topological polar surface area (TPSA) is 52.6 Å². The normalized spacial score (nSPS) is 20.4. The SMILES string of the molecule is C=C1CCCC1(C)C(C)(C)OC(=O)c1ccc(OC(=O)C(C)(C)CC)cc1. The Morgan fingerprint density at radius 2 is 1.74 bits per heavy atom. The van der Waals surface area contributed by atoms with Crippen molar-refractivity contribution < 1.29 is 19.1 Å². The van der Waals surface area contributed by atoms with Gasteiger partial charge in [0.1, 0.15) is 11.4 Å². The molecule has 0 N–H and O–H groups in total. The van der Waals surface area contributed by atoms with Crippen LogP contribution in [-0.4, -0.2) is 17.5 Å². The van der Waals surface area contributed by atoms with Crippen LogP contribution in [0.15, 0.2) is 36.4 Å². The van der Waals surface area contributed by atoms with Crippen LogP contribution in [0.3, 0.4) is 0 Å². The van der Waals surface area contributed by atoms with Crippen molar-refractivity contribution in [3.05, 3.63) is 42.0 Å². The highest BCUT2D eigenvalue weighted by Crippen LogP contribution is 2.50. The average molecular weight is 373 g/mol. The van der Waals surface area contributed by atoms with E-state index >= 15 is 0 Å². The summed E-state index contributed by atoms with van der Waals surface area (Å²) in [5.74, 6) is -0.240. The van der Waals surface area contributed by atoms with Gasteiger partial charge in [0.2, 0.25) is 0 Å². The van der Waals surface area contributed by atoms with E-state index in [1.165, 1.54) is 0 Å². The van der Waals surface area contributed by atoms with Gasteiger partial charge in [-0.15, -0.1) is 0 Å². The van der Waals surface area contributed by atoms with Crippen molar-refractivity contribution in [1.29, 1.82) is 0 Å². The first-order valence-corrected chi connectivity index (χ1v) is 9.67. The van der Waals surface area contributed by atoms with E-state index in [2.05, 4.69) is 13.5 Å². The molecule has 2 rings (SSSR count). The molecule has 27 heavy (non-hydrogen) atoms. The fraction of sp³-hybridized carbons (Fsp3) is 0.565. The van der Waals surface area contributed by atoms with E-state index in [1.54, 1.807) is 24.3 Å². The first-order chi connectivity index (χ1) is 12.4. The van der Waals surface area contributed by atoms with Gasteiger partial charge in [-0.1, -0.05) is 26.0 Å². The number of esters is 2. The summed E-state index contributed by atoms with van der Waals surface area (Å²) in [5, 5.41) is 0. The molecule has 1 atom stereocenters. The summed E-state index contributed by atoms with van der Waals surface area (Å²) in [4.78, 5) is 24.8. The number of ether oxygens (including phenoxy) is 2. The summed E-state index contributed by atoms with van der Waals surface area (Å²) in [7, 11) is 0. The van der Waals surface area contributed by atoms with Crippen molar-refractivity contribution in [1.82, 2.24) is 0 Å². The maximum atomic E-state index is 12.6. The Hall–Kier alpha value is -2.10. The smallest absolute Gasteiger partial charge is 0.338 e. The number of carbonyl (C=O) groups is 2. The molecular formula is C23H32O4. The van der Waals surface area contributed by atoms with Gasteiger partial charge in [-0.3, -0.25) is 4.79 Å². The highest BCUT2D eigenvalue weighted by molar-refractivity contribution is 5.90. The van der Waals surface area contributed by atoms with Gasteiger partial charge in [-0.25, -0.2) is 4.79 Å². The van der Waals surface area contributed by atoms with E-state index < -0.39 is 11.0 Å². The first kappa shape index (κ1) is 21.2. The molecule has 1 aromatic carbocycles. The largest absolute Gasteiger partial charge is 0.455 e. The van der Waals surface area contributed by atoms with Crippen molar-refractivity contribution >= 4 is 11.9 Å². The molecule has 0 bridgehead atoms. The Morgan fingerprint density at radius 1 is 1.15 bits per heavy atom. The van der Waals surface area contributed by atoms with Crippen molar-refractivity contribution in [3.63, 3.8) is 0 Å². The molecule has 1 aliphatic rings. The molecule has 0 heterocycles. The minimum Gasteiger partial charge on any atom is -0.455 e. The molecular weight excluding hydrogens is 340 g/mol. The van der Waals surface area contributed by atoms with E-state index in [0.29, 0.717) is 17.7 Å². The highest BCUT2D eigenvalue weighted by atomic mass is 16.6.